The molecule has 0 amide bonds. The van der Waals surface area contributed by atoms with Crippen LogP contribution in [0.2, 0.25) is 0 Å². The molecule has 5 heteroatoms. The fourth-order valence-corrected chi connectivity index (χ4v) is 2.34. The minimum Gasteiger partial charge on any atom is -0.300 e. The van der Waals surface area contributed by atoms with E-state index in [4.69, 9.17) is 12.2 Å². The summed E-state index contributed by atoms with van der Waals surface area (Å²) >= 11 is 5.30. The minimum atomic E-state index is 0.697. The lowest BCUT2D eigenvalue weighted by atomic mass is 10.1. The number of pyridine rings is 1. The predicted molar refractivity (Wildman–Crippen MR) is 79.4 cm³/mol. The van der Waals surface area contributed by atoms with Crippen LogP contribution in [0.15, 0.2) is 24.5 Å². The Morgan fingerprint density at radius 3 is 2.63 bits per heavy atom. The van der Waals surface area contributed by atoms with Crippen LogP contribution in [0.3, 0.4) is 0 Å². The lowest BCUT2D eigenvalue weighted by Crippen LogP contribution is -2.01. The molecule has 0 radical (unpaired) electrons. The highest BCUT2D eigenvalue weighted by molar-refractivity contribution is 7.71. The van der Waals surface area contributed by atoms with Crippen LogP contribution >= 0.6 is 12.2 Å². The van der Waals surface area contributed by atoms with E-state index in [0.29, 0.717) is 4.77 Å². The number of rotatable bonds is 7. The average molecular weight is 276 g/mol. The van der Waals surface area contributed by atoms with Crippen molar-refractivity contribution < 1.29 is 0 Å². The monoisotopic (exact) mass is 276 g/mol. The van der Waals surface area contributed by atoms with Crippen molar-refractivity contribution in [1.29, 1.82) is 0 Å². The van der Waals surface area contributed by atoms with Gasteiger partial charge in [-0.05, 0) is 30.8 Å². The van der Waals surface area contributed by atoms with Gasteiger partial charge in [0.2, 0.25) is 0 Å². The maximum atomic E-state index is 5.30. The summed E-state index contributed by atoms with van der Waals surface area (Å²) < 4.78 is 2.78. The van der Waals surface area contributed by atoms with Gasteiger partial charge in [0.1, 0.15) is 0 Å². The Labute approximate surface area is 118 Å². The number of aromatic nitrogens is 4. The van der Waals surface area contributed by atoms with Crippen LogP contribution in [0.25, 0.3) is 11.4 Å². The van der Waals surface area contributed by atoms with Crippen molar-refractivity contribution >= 4 is 12.2 Å². The van der Waals surface area contributed by atoms with Crippen molar-refractivity contribution in [1.82, 2.24) is 19.7 Å². The molecule has 1 N–H and O–H groups in total. The molecule has 0 aromatic carbocycles. The summed E-state index contributed by atoms with van der Waals surface area (Å²) in [7, 11) is 0. The van der Waals surface area contributed by atoms with Crippen LogP contribution in [0, 0.1) is 4.77 Å². The van der Waals surface area contributed by atoms with Crippen LogP contribution < -0.4 is 0 Å². The first kappa shape index (κ1) is 13.9. The van der Waals surface area contributed by atoms with Gasteiger partial charge in [-0.15, -0.1) is 0 Å². The molecule has 2 heterocycles. The number of nitrogens with zero attached hydrogens (tertiary/aromatic N) is 3. The fraction of sp³-hybridized carbons (Fsp3) is 0.500. The van der Waals surface area contributed by atoms with E-state index in [9.17, 15) is 0 Å². The molecule has 0 aliphatic carbocycles. The summed E-state index contributed by atoms with van der Waals surface area (Å²) in [5, 5.41) is 7.20. The van der Waals surface area contributed by atoms with Crippen LogP contribution in [0.4, 0.5) is 0 Å². The van der Waals surface area contributed by atoms with E-state index < -0.39 is 0 Å². The summed E-state index contributed by atoms with van der Waals surface area (Å²) in [6.07, 6.45) is 9.83. The molecule has 0 fully saturated rings. The highest BCUT2D eigenvalue weighted by Crippen LogP contribution is 2.17. The summed E-state index contributed by atoms with van der Waals surface area (Å²) in [6, 6.07) is 3.91. The van der Waals surface area contributed by atoms with Crippen molar-refractivity contribution in [2.24, 2.45) is 0 Å². The van der Waals surface area contributed by atoms with Crippen LogP contribution in [0.1, 0.15) is 39.0 Å². The number of aromatic amines is 1. The van der Waals surface area contributed by atoms with Crippen molar-refractivity contribution in [3.63, 3.8) is 0 Å². The van der Waals surface area contributed by atoms with Crippen LogP contribution in [-0.4, -0.2) is 19.7 Å². The number of unbranched alkanes of at least 4 members (excludes halogenated alkanes) is 4. The van der Waals surface area contributed by atoms with Gasteiger partial charge in [0.15, 0.2) is 10.6 Å². The standard InChI is InChI=1S/C14H20N4S/c1-2-3-4-5-6-11-18-13(16-17-14(18)19)12-7-9-15-10-8-12/h7-10H,2-6,11H2,1H3,(H,17,19). The maximum Gasteiger partial charge on any atom is 0.195 e. The maximum absolute atomic E-state index is 5.30. The molecular formula is C14H20N4S. The van der Waals surface area contributed by atoms with Crippen molar-refractivity contribution in [2.45, 2.75) is 45.6 Å². The quantitative estimate of drug-likeness (QED) is 0.614. The van der Waals surface area contributed by atoms with E-state index >= 15 is 0 Å². The van der Waals surface area contributed by atoms with Gasteiger partial charge in [-0.3, -0.25) is 10.1 Å². The lowest BCUT2D eigenvalue weighted by molar-refractivity contribution is 0.567. The minimum absolute atomic E-state index is 0.697. The molecule has 0 atom stereocenters. The Bertz CT molecular complexity index is 544. The van der Waals surface area contributed by atoms with Gasteiger partial charge in [0.25, 0.3) is 0 Å². The number of H-pyrrole nitrogens is 1. The molecule has 102 valence electrons. The van der Waals surface area contributed by atoms with Crippen molar-refractivity contribution in [2.75, 3.05) is 0 Å². The third-order valence-electron chi connectivity index (χ3n) is 3.18. The van der Waals surface area contributed by atoms with E-state index in [1.807, 2.05) is 12.1 Å². The second-order valence-corrected chi connectivity index (χ2v) is 5.04. The van der Waals surface area contributed by atoms with E-state index in [0.717, 1.165) is 24.4 Å². The number of hydrogen-bond acceptors (Lipinski definition) is 3. The molecule has 0 spiro atoms. The Balaban J connectivity index is 2.04. The normalized spacial score (nSPS) is 10.8. The second kappa shape index (κ2) is 7.19. The molecule has 2 aromatic rings. The second-order valence-electron chi connectivity index (χ2n) is 4.65. The summed E-state index contributed by atoms with van der Waals surface area (Å²) in [5.41, 5.74) is 1.05. The zero-order valence-corrected chi connectivity index (χ0v) is 12.1. The summed E-state index contributed by atoms with van der Waals surface area (Å²) in [5.74, 6) is 0.905. The third kappa shape index (κ3) is 3.73. The Kier molecular flexibility index (Phi) is 5.27. The molecule has 2 rings (SSSR count). The van der Waals surface area contributed by atoms with Gasteiger partial charge >= 0.3 is 0 Å². The van der Waals surface area contributed by atoms with Crippen LogP contribution in [-0.2, 0) is 6.54 Å². The average Bonchev–Trinajstić information content (AvgIpc) is 2.81. The molecule has 0 aliphatic rings. The van der Waals surface area contributed by atoms with E-state index in [-0.39, 0.29) is 0 Å². The molecule has 19 heavy (non-hydrogen) atoms. The molecule has 0 unspecified atom stereocenters. The lowest BCUT2D eigenvalue weighted by Gasteiger charge is -2.06. The largest absolute Gasteiger partial charge is 0.300 e. The highest BCUT2D eigenvalue weighted by Gasteiger charge is 2.07. The Morgan fingerprint density at radius 2 is 1.89 bits per heavy atom. The van der Waals surface area contributed by atoms with Gasteiger partial charge in [-0.25, -0.2) is 0 Å². The SMILES string of the molecule is CCCCCCCn1c(-c2ccncc2)n[nH]c1=S. The van der Waals surface area contributed by atoms with Crippen LogP contribution in [0.5, 0.6) is 0 Å². The third-order valence-corrected chi connectivity index (χ3v) is 3.49. The van der Waals surface area contributed by atoms with E-state index in [2.05, 4.69) is 26.7 Å². The predicted octanol–water partition coefficient (Wildman–Crippen LogP) is 3.97. The molecule has 2 aromatic heterocycles. The number of hydrogen-bond donors (Lipinski definition) is 1. The first-order valence-electron chi connectivity index (χ1n) is 6.88. The van der Waals surface area contributed by atoms with Gasteiger partial charge in [0.05, 0.1) is 0 Å². The van der Waals surface area contributed by atoms with Crippen molar-refractivity contribution in [3.8, 4) is 11.4 Å². The molecule has 0 bridgehead atoms. The molecule has 4 nitrogen and oxygen atoms in total. The van der Waals surface area contributed by atoms with Gasteiger partial charge in [-0.1, -0.05) is 32.6 Å². The topological polar surface area (TPSA) is 46.5 Å². The fourth-order valence-electron chi connectivity index (χ4n) is 2.12. The Morgan fingerprint density at radius 1 is 1.16 bits per heavy atom. The molecule has 0 saturated heterocycles. The van der Waals surface area contributed by atoms with Crippen molar-refractivity contribution in [3.05, 3.63) is 29.3 Å². The zero-order valence-electron chi connectivity index (χ0n) is 11.3. The van der Waals surface area contributed by atoms with E-state index in [1.54, 1.807) is 12.4 Å². The smallest absolute Gasteiger partial charge is 0.195 e. The summed E-state index contributed by atoms with van der Waals surface area (Å²) in [4.78, 5) is 4.03. The Hall–Kier alpha value is -1.49. The molecular weight excluding hydrogens is 256 g/mol. The first-order valence-corrected chi connectivity index (χ1v) is 7.29. The summed E-state index contributed by atoms with van der Waals surface area (Å²) in [6.45, 7) is 3.16. The van der Waals surface area contributed by atoms with Gasteiger partial charge < -0.3 is 4.57 Å². The number of nitrogens with one attached hydrogen (secondary N) is 1. The van der Waals surface area contributed by atoms with Gasteiger partial charge in [0, 0.05) is 24.5 Å². The molecule has 0 saturated carbocycles. The zero-order chi connectivity index (χ0) is 13.5. The van der Waals surface area contributed by atoms with E-state index in [1.165, 1.54) is 25.7 Å². The highest BCUT2D eigenvalue weighted by atomic mass is 32.1. The molecule has 0 aliphatic heterocycles. The first-order chi connectivity index (χ1) is 9.33. The van der Waals surface area contributed by atoms with Gasteiger partial charge in [-0.2, -0.15) is 5.10 Å².